The molecule has 7 heteroatoms. The molecule has 0 aliphatic carbocycles. The zero-order valence-electron chi connectivity index (χ0n) is 12.3. The van der Waals surface area contributed by atoms with E-state index in [9.17, 15) is 19.7 Å². The highest BCUT2D eigenvalue weighted by molar-refractivity contribution is 5.95. The van der Waals surface area contributed by atoms with Crippen molar-refractivity contribution in [1.29, 1.82) is 0 Å². The van der Waals surface area contributed by atoms with Crippen LogP contribution in [0.3, 0.4) is 0 Å². The number of anilines is 1. The summed E-state index contributed by atoms with van der Waals surface area (Å²) in [6.45, 7) is 1.70. The van der Waals surface area contributed by atoms with Crippen LogP contribution >= 0.6 is 0 Å². The van der Waals surface area contributed by atoms with Gasteiger partial charge in [0.25, 0.3) is 5.69 Å². The van der Waals surface area contributed by atoms with Gasteiger partial charge in [-0.3, -0.25) is 14.9 Å². The summed E-state index contributed by atoms with van der Waals surface area (Å²) in [5, 5.41) is 13.4. The number of benzene rings is 2. The average Bonchev–Trinajstić information content (AvgIpc) is 2.56. The van der Waals surface area contributed by atoms with Gasteiger partial charge >= 0.3 is 5.97 Å². The Morgan fingerprint density at radius 3 is 2.61 bits per heavy atom. The molecule has 118 valence electrons. The van der Waals surface area contributed by atoms with Crippen LogP contribution in [0.4, 0.5) is 11.4 Å². The number of amides is 1. The number of hydrogen-bond donors (Lipinski definition) is 1. The topological polar surface area (TPSA) is 98.5 Å². The summed E-state index contributed by atoms with van der Waals surface area (Å²) in [6.07, 6.45) is 0.285. The summed E-state index contributed by atoms with van der Waals surface area (Å²) in [5.41, 5.74) is 0.209. The lowest BCUT2D eigenvalue weighted by molar-refractivity contribution is -0.384. The van der Waals surface area contributed by atoms with Crippen LogP contribution in [0, 0.1) is 10.1 Å². The van der Waals surface area contributed by atoms with Gasteiger partial charge in [-0.1, -0.05) is 25.1 Å². The number of hydrogen-bond acceptors (Lipinski definition) is 5. The van der Waals surface area contributed by atoms with Gasteiger partial charge < -0.3 is 10.1 Å². The van der Waals surface area contributed by atoms with Gasteiger partial charge in [0, 0.05) is 18.6 Å². The molecular weight excluding hydrogens is 300 g/mol. The van der Waals surface area contributed by atoms with E-state index in [1.54, 1.807) is 25.1 Å². The maximum atomic E-state index is 12.1. The van der Waals surface area contributed by atoms with Crippen LogP contribution < -0.4 is 10.1 Å². The van der Waals surface area contributed by atoms with Crippen LogP contribution in [-0.4, -0.2) is 16.8 Å². The predicted octanol–water partition coefficient (Wildman–Crippen LogP) is 3.16. The van der Waals surface area contributed by atoms with Gasteiger partial charge in [-0.15, -0.1) is 0 Å². The second kappa shape index (κ2) is 7.17. The minimum absolute atomic E-state index is 0.0517. The van der Waals surface area contributed by atoms with Crippen molar-refractivity contribution in [1.82, 2.24) is 0 Å². The maximum Gasteiger partial charge on any atom is 0.343 e. The first-order chi connectivity index (χ1) is 11.0. The third kappa shape index (κ3) is 4.13. The summed E-state index contributed by atoms with van der Waals surface area (Å²) in [6, 6.07) is 11.7. The number of carbonyl (C=O) groups is 2. The smallest absolute Gasteiger partial charge is 0.343 e. The van der Waals surface area contributed by atoms with Crippen molar-refractivity contribution in [3.05, 3.63) is 64.2 Å². The standard InChI is InChI=1S/C16H14N2O5/c1-2-15(19)17-13-8-3-4-9-14(13)23-16(20)11-6-5-7-12(10-11)18(21)22/h3-10H,2H2,1H3,(H,17,19). The molecule has 0 unspecified atom stereocenters. The number of para-hydroxylation sites is 2. The summed E-state index contributed by atoms with van der Waals surface area (Å²) >= 11 is 0. The van der Waals surface area contributed by atoms with Crippen LogP contribution in [0.1, 0.15) is 23.7 Å². The molecule has 0 aromatic heterocycles. The van der Waals surface area contributed by atoms with Gasteiger partial charge in [-0.05, 0) is 18.2 Å². The zero-order chi connectivity index (χ0) is 16.8. The van der Waals surface area contributed by atoms with Crippen molar-refractivity contribution >= 4 is 23.3 Å². The van der Waals surface area contributed by atoms with Gasteiger partial charge in [-0.2, -0.15) is 0 Å². The monoisotopic (exact) mass is 314 g/mol. The third-order valence-corrected chi connectivity index (χ3v) is 2.98. The highest BCUT2D eigenvalue weighted by Gasteiger charge is 2.15. The van der Waals surface area contributed by atoms with Crippen molar-refractivity contribution in [2.75, 3.05) is 5.32 Å². The molecule has 0 aliphatic rings. The lowest BCUT2D eigenvalue weighted by Gasteiger charge is -2.10. The Kier molecular flexibility index (Phi) is 5.03. The SMILES string of the molecule is CCC(=O)Nc1ccccc1OC(=O)c1cccc([N+](=O)[O-])c1. The molecule has 2 rings (SSSR count). The van der Waals surface area contributed by atoms with Gasteiger partial charge in [0.05, 0.1) is 16.2 Å². The third-order valence-electron chi connectivity index (χ3n) is 2.98. The van der Waals surface area contributed by atoms with Crippen molar-refractivity contribution in [2.24, 2.45) is 0 Å². The number of nitro benzene ring substituents is 1. The second-order valence-corrected chi connectivity index (χ2v) is 4.59. The number of non-ortho nitro benzene ring substituents is 1. The Morgan fingerprint density at radius 2 is 1.91 bits per heavy atom. The van der Waals surface area contributed by atoms with Crippen LogP contribution in [0.5, 0.6) is 5.75 Å². The molecule has 7 nitrogen and oxygen atoms in total. The highest BCUT2D eigenvalue weighted by atomic mass is 16.6. The lowest BCUT2D eigenvalue weighted by atomic mass is 10.2. The van der Waals surface area contributed by atoms with E-state index in [2.05, 4.69) is 5.32 Å². The van der Waals surface area contributed by atoms with E-state index in [0.717, 1.165) is 6.07 Å². The van der Waals surface area contributed by atoms with Crippen LogP contribution in [0.15, 0.2) is 48.5 Å². The lowest BCUT2D eigenvalue weighted by Crippen LogP contribution is -2.13. The molecule has 0 saturated heterocycles. The summed E-state index contributed by atoms with van der Waals surface area (Å²) in [7, 11) is 0. The number of carbonyl (C=O) groups excluding carboxylic acids is 2. The van der Waals surface area contributed by atoms with E-state index in [1.807, 2.05) is 0 Å². The molecular formula is C16H14N2O5. The zero-order valence-corrected chi connectivity index (χ0v) is 12.3. The average molecular weight is 314 g/mol. The molecule has 0 atom stereocenters. The number of rotatable bonds is 5. The summed E-state index contributed by atoms with van der Waals surface area (Å²) < 4.78 is 5.24. The van der Waals surface area contributed by atoms with Gasteiger partial charge in [0.2, 0.25) is 5.91 Å². The van der Waals surface area contributed by atoms with Gasteiger partial charge in [0.15, 0.2) is 5.75 Å². The maximum absolute atomic E-state index is 12.1. The first-order valence-electron chi connectivity index (χ1n) is 6.86. The molecule has 1 N–H and O–H groups in total. The Morgan fingerprint density at radius 1 is 1.17 bits per heavy atom. The summed E-state index contributed by atoms with van der Waals surface area (Å²) in [4.78, 5) is 33.8. The van der Waals surface area contributed by atoms with E-state index < -0.39 is 10.9 Å². The number of ether oxygens (including phenoxy) is 1. The van der Waals surface area contributed by atoms with Crippen molar-refractivity contribution < 1.29 is 19.2 Å². The quantitative estimate of drug-likeness (QED) is 0.395. The Bertz CT molecular complexity index is 758. The van der Waals surface area contributed by atoms with Crippen LogP contribution in [0.2, 0.25) is 0 Å². The Balaban J connectivity index is 2.22. The Hall–Kier alpha value is -3.22. The van der Waals surface area contributed by atoms with Crippen molar-refractivity contribution in [2.45, 2.75) is 13.3 Å². The van der Waals surface area contributed by atoms with E-state index in [1.165, 1.54) is 24.3 Å². The fourth-order valence-corrected chi connectivity index (χ4v) is 1.80. The molecule has 2 aromatic carbocycles. The van der Waals surface area contributed by atoms with E-state index in [0.29, 0.717) is 5.69 Å². The molecule has 1 amide bonds. The van der Waals surface area contributed by atoms with Crippen molar-refractivity contribution in [3.63, 3.8) is 0 Å². The normalized spacial score (nSPS) is 9.96. The van der Waals surface area contributed by atoms with Crippen LogP contribution in [0.25, 0.3) is 0 Å². The first kappa shape index (κ1) is 16.2. The van der Waals surface area contributed by atoms with Crippen LogP contribution in [-0.2, 0) is 4.79 Å². The fraction of sp³-hybridized carbons (Fsp3) is 0.125. The molecule has 2 aromatic rings. The highest BCUT2D eigenvalue weighted by Crippen LogP contribution is 2.25. The molecule has 0 radical (unpaired) electrons. The minimum atomic E-state index is -0.744. The number of esters is 1. The molecule has 0 bridgehead atoms. The van der Waals surface area contributed by atoms with Gasteiger partial charge in [-0.25, -0.2) is 4.79 Å². The Labute approximate surface area is 132 Å². The summed E-state index contributed by atoms with van der Waals surface area (Å²) in [5.74, 6) is -0.790. The predicted molar refractivity (Wildman–Crippen MR) is 83.4 cm³/mol. The first-order valence-corrected chi connectivity index (χ1v) is 6.86. The van der Waals surface area contributed by atoms with Crippen molar-refractivity contribution in [3.8, 4) is 5.75 Å². The fourth-order valence-electron chi connectivity index (χ4n) is 1.80. The molecule has 0 saturated carbocycles. The van der Waals surface area contributed by atoms with E-state index in [4.69, 9.17) is 4.74 Å². The number of nitrogens with one attached hydrogen (secondary N) is 1. The molecule has 0 heterocycles. The second-order valence-electron chi connectivity index (χ2n) is 4.59. The molecule has 0 aliphatic heterocycles. The minimum Gasteiger partial charge on any atom is -0.421 e. The number of nitro groups is 1. The molecule has 0 spiro atoms. The number of nitrogens with zero attached hydrogens (tertiary/aromatic N) is 1. The van der Waals surface area contributed by atoms with E-state index >= 15 is 0 Å². The largest absolute Gasteiger partial charge is 0.421 e. The van der Waals surface area contributed by atoms with Gasteiger partial charge in [0.1, 0.15) is 0 Å². The van der Waals surface area contributed by atoms with E-state index in [-0.39, 0.29) is 29.3 Å². The molecule has 23 heavy (non-hydrogen) atoms. The molecule has 0 fully saturated rings.